The lowest BCUT2D eigenvalue weighted by Gasteiger charge is -2.01. The summed E-state index contributed by atoms with van der Waals surface area (Å²) in [6, 6.07) is 7.75. The van der Waals surface area contributed by atoms with Crippen LogP contribution in [0.3, 0.4) is 0 Å². The summed E-state index contributed by atoms with van der Waals surface area (Å²) >= 11 is 6.16. The number of halogens is 1. The van der Waals surface area contributed by atoms with Gasteiger partial charge in [-0.2, -0.15) is 5.10 Å². The van der Waals surface area contributed by atoms with Crippen molar-refractivity contribution in [2.75, 3.05) is 0 Å². The van der Waals surface area contributed by atoms with Crippen LogP contribution in [-0.2, 0) is 19.5 Å². The summed E-state index contributed by atoms with van der Waals surface area (Å²) in [6.45, 7) is 4.85. The Kier molecular flexibility index (Phi) is 3.96. The van der Waals surface area contributed by atoms with Gasteiger partial charge in [0.15, 0.2) is 0 Å². The summed E-state index contributed by atoms with van der Waals surface area (Å²) in [5, 5.41) is 21.5. The topological polar surface area (TPSA) is 87.5 Å². The van der Waals surface area contributed by atoms with E-state index in [0.717, 1.165) is 22.4 Å². The number of aryl methyl sites for hydroxylation is 3. The van der Waals surface area contributed by atoms with E-state index < -0.39 is 0 Å². The van der Waals surface area contributed by atoms with Gasteiger partial charge in [0.1, 0.15) is 12.1 Å². The maximum Gasteiger partial charge on any atom is 0.238 e. The van der Waals surface area contributed by atoms with Crippen LogP contribution in [-0.4, -0.2) is 35.0 Å². The zero-order chi connectivity index (χ0) is 17.4. The minimum Gasteiger partial charge on any atom is -0.423 e. The molecule has 0 unspecified atom stereocenters. The first-order valence-corrected chi connectivity index (χ1v) is 8.28. The smallest absolute Gasteiger partial charge is 0.238 e. The van der Waals surface area contributed by atoms with Crippen LogP contribution in [0, 0.1) is 13.8 Å². The zero-order valence-corrected chi connectivity index (χ0v) is 14.6. The lowest BCUT2D eigenvalue weighted by molar-refractivity contribution is 0.416. The highest BCUT2D eigenvalue weighted by Crippen LogP contribution is 2.19. The lowest BCUT2D eigenvalue weighted by atomic mass is 10.3. The molecule has 0 saturated carbocycles. The van der Waals surface area contributed by atoms with E-state index in [9.17, 15) is 0 Å². The summed E-state index contributed by atoms with van der Waals surface area (Å²) in [6.07, 6.45) is 0.587. The Morgan fingerprint density at radius 1 is 1.04 bits per heavy atom. The molecule has 9 heteroatoms. The van der Waals surface area contributed by atoms with Crippen molar-refractivity contribution in [2.24, 2.45) is 0 Å². The highest BCUT2D eigenvalue weighted by molar-refractivity contribution is 6.31. The van der Waals surface area contributed by atoms with Gasteiger partial charge < -0.3 is 4.42 Å². The van der Waals surface area contributed by atoms with Gasteiger partial charge in [0, 0.05) is 13.0 Å². The molecule has 0 aliphatic rings. The van der Waals surface area contributed by atoms with E-state index in [1.807, 2.05) is 42.8 Å². The first-order chi connectivity index (χ1) is 12.1. The van der Waals surface area contributed by atoms with Crippen LogP contribution >= 0.6 is 11.6 Å². The number of fused-ring (bicyclic) bond motifs is 1. The van der Waals surface area contributed by atoms with Crippen molar-refractivity contribution in [3.05, 3.63) is 52.5 Å². The third-order valence-electron chi connectivity index (χ3n) is 4.04. The van der Waals surface area contributed by atoms with Crippen LogP contribution in [0.1, 0.15) is 23.2 Å². The standard InChI is InChI=1S/C16H16ClN7O/c1-10-16(17)11(2)23(21-10)8-7-14-19-20-15(25-14)9-24-13-6-4-3-5-12(13)18-22-24/h3-6H,7-9H2,1-2H3. The average Bonchev–Trinajstić information content (AvgIpc) is 3.30. The molecule has 4 aromatic rings. The Balaban J connectivity index is 1.46. The quantitative estimate of drug-likeness (QED) is 0.545. The number of para-hydroxylation sites is 1. The first-order valence-electron chi connectivity index (χ1n) is 7.91. The Labute approximate surface area is 148 Å². The first kappa shape index (κ1) is 15.8. The predicted octanol–water partition coefficient (Wildman–Crippen LogP) is 2.57. The summed E-state index contributed by atoms with van der Waals surface area (Å²) in [4.78, 5) is 0. The number of hydrogen-bond donors (Lipinski definition) is 0. The van der Waals surface area contributed by atoms with Crippen LogP contribution in [0.25, 0.3) is 11.0 Å². The molecule has 0 atom stereocenters. The van der Waals surface area contributed by atoms with Gasteiger partial charge in [0.2, 0.25) is 11.8 Å². The average molecular weight is 358 g/mol. The van der Waals surface area contributed by atoms with Crippen molar-refractivity contribution in [1.82, 2.24) is 35.0 Å². The molecule has 0 aliphatic heterocycles. The van der Waals surface area contributed by atoms with E-state index in [1.54, 1.807) is 4.68 Å². The minimum absolute atomic E-state index is 0.388. The molecule has 8 nitrogen and oxygen atoms in total. The number of nitrogens with zero attached hydrogens (tertiary/aromatic N) is 7. The van der Waals surface area contributed by atoms with E-state index in [0.29, 0.717) is 36.3 Å². The van der Waals surface area contributed by atoms with Gasteiger partial charge in [0.05, 0.1) is 21.9 Å². The summed E-state index contributed by atoms with van der Waals surface area (Å²) in [5.41, 5.74) is 3.53. The number of aromatic nitrogens is 7. The molecule has 0 amide bonds. The van der Waals surface area contributed by atoms with E-state index >= 15 is 0 Å². The predicted molar refractivity (Wildman–Crippen MR) is 91.3 cm³/mol. The molecule has 3 aromatic heterocycles. The molecule has 25 heavy (non-hydrogen) atoms. The monoisotopic (exact) mass is 357 g/mol. The van der Waals surface area contributed by atoms with Crippen LogP contribution in [0.5, 0.6) is 0 Å². The van der Waals surface area contributed by atoms with Gasteiger partial charge in [-0.25, -0.2) is 4.68 Å². The van der Waals surface area contributed by atoms with Crippen LogP contribution in [0.15, 0.2) is 28.7 Å². The van der Waals surface area contributed by atoms with Gasteiger partial charge in [-0.3, -0.25) is 4.68 Å². The second kappa shape index (κ2) is 6.29. The molecular weight excluding hydrogens is 342 g/mol. The maximum atomic E-state index is 6.16. The Bertz CT molecular complexity index is 1030. The third kappa shape index (κ3) is 3.00. The molecule has 0 saturated heterocycles. The van der Waals surface area contributed by atoms with Crippen molar-refractivity contribution >= 4 is 22.6 Å². The van der Waals surface area contributed by atoms with Crippen molar-refractivity contribution in [3.8, 4) is 0 Å². The molecule has 1 aromatic carbocycles. The number of rotatable bonds is 5. The van der Waals surface area contributed by atoms with Crippen molar-refractivity contribution in [1.29, 1.82) is 0 Å². The molecule has 0 radical (unpaired) electrons. The molecule has 0 aliphatic carbocycles. The number of hydrogen-bond acceptors (Lipinski definition) is 6. The van der Waals surface area contributed by atoms with Gasteiger partial charge in [-0.15, -0.1) is 15.3 Å². The Hall–Kier alpha value is -2.74. The summed E-state index contributed by atoms with van der Waals surface area (Å²) < 4.78 is 9.32. The third-order valence-corrected chi connectivity index (χ3v) is 4.59. The fraction of sp³-hybridized carbons (Fsp3) is 0.312. The Morgan fingerprint density at radius 3 is 2.64 bits per heavy atom. The molecular formula is C16H16ClN7O. The van der Waals surface area contributed by atoms with E-state index in [4.69, 9.17) is 16.0 Å². The van der Waals surface area contributed by atoms with Crippen LogP contribution in [0.4, 0.5) is 0 Å². The minimum atomic E-state index is 0.388. The van der Waals surface area contributed by atoms with Crippen molar-refractivity contribution in [2.45, 2.75) is 33.4 Å². The molecule has 0 spiro atoms. The molecule has 3 heterocycles. The van der Waals surface area contributed by atoms with E-state index in [1.165, 1.54) is 0 Å². The highest BCUT2D eigenvalue weighted by atomic mass is 35.5. The van der Waals surface area contributed by atoms with Gasteiger partial charge in [-0.1, -0.05) is 28.9 Å². The second-order valence-electron chi connectivity index (χ2n) is 5.78. The number of benzene rings is 1. The molecule has 4 rings (SSSR count). The van der Waals surface area contributed by atoms with Gasteiger partial charge in [0.25, 0.3) is 0 Å². The van der Waals surface area contributed by atoms with E-state index in [-0.39, 0.29) is 0 Å². The van der Waals surface area contributed by atoms with Gasteiger partial charge >= 0.3 is 0 Å². The molecule has 0 bridgehead atoms. The van der Waals surface area contributed by atoms with Crippen molar-refractivity contribution in [3.63, 3.8) is 0 Å². The van der Waals surface area contributed by atoms with Gasteiger partial charge in [-0.05, 0) is 26.0 Å². The fourth-order valence-corrected chi connectivity index (χ4v) is 2.85. The maximum absolute atomic E-state index is 6.16. The van der Waals surface area contributed by atoms with Crippen LogP contribution in [0.2, 0.25) is 5.02 Å². The molecule has 0 N–H and O–H groups in total. The summed E-state index contributed by atoms with van der Waals surface area (Å²) in [5.74, 6) is 1.06. The normalized spacial score (nSPS) is 11.5. The lowest BCUT2D eigenvalue weighted by Crippen LogP contribution is -2.05. The zero-order valence-electron chi connectivity index (χ0n) is 13.8. The second-order valence-corrected chi connectivity index (χ2v) is 6.16. The summed E-state index contributed by atoms with van der Waals surface area (Å²) in [7, 11) is 0. The SMILES string of the molecule is Cc1nn(CCc2nnc(Cn3nnc4ccccc43)o2)c(C)c1Cl. The van der Waals surface area contributed by atoms with Crippen molar-refractivity contribution < 1.29 is 4.42 Å². The largest absolute Gasteiger partial charge is 0.423 e. The van der Waals surface area contributed by atoms with Crippen LogP contribution < -0.4 is 0 Å². The fourth-order valence-electron chi connectivity index (χ4n) is 2.71. The van der Waals surface area contributed by atoms with E-state index in [2.05, 4.69) is 25.6 Å². The molecule has 0 fully saturated rings. The highest BCUT2D eigenvalue weighted by Gasteiger charge is 2.13. The molecule has 128 valence electrons. The Morgan fingerprint density at radius 2 is 1.84 bits per heavy atom.